The SMILES string of the molecule is Cc1nccn1Cc1ccc(NC(=O)c2cc([N+](=O)[O-])ccc2N2CCCCC2)cc1. The number of aromatic nitrogens is 2. The Bertz CT molecular complexity index is 1080. The molecule has 31 heavy (non-hydrogen) atoms. The standard InChI is InChI=1S/C23H25N5O3/c1-17-24-11-14-27(17)16-18-5-7-19(8-6-18)25-23(29)21-15-20(28(30)31)9-10-22(21)26-12-3-2-4-13-26/h5-11,14-15H,2-4,12-13,16H2,1H3,(H,25,29). The van der Waals surface area contributed by atoms with Gasteiger partial charge in [-0.3, -0.25) is 14.9 Å². The Morgan fingerprint density at radius 3 is 2.52 bits per heavy atom. The maximum Gasteiger partial charge on any atom is 0.270 e. The van der Waals surface area contributed by atoms with Gasteiger partial charge in [-0.1, -0.05) is 12.1 Å². The molecule has 1 saturated heterocycles. The number of hydrogen-bond acceptors (Lipinski definition) is 5. The number of aryl methyl sites for hydroxylation is 1. The second kappa shape index (κ2) is 8.99. The number of benzene rings is 2. The predicted molar refractivity (Wildman–Crippen MR) is 120 cm³/mol. The summed E-state index contributed by atoms with van der Waals surface area (Å²) in [4.78, 5) is 30.2. The predicted octanol–water partition coefficient (Wildman–Crippen LogP) is 4.39. The van der Waals surface area contributed by atoms with Crippen LogP contribution in [-0.2, 0) is 6.54 Å². The number of non-ortho nitro benzene ring substituents is 1. The Morgan fingerprint density at radius 1 is 1.13 bits per heavy atom. The van der Waals surface area contributed by atoms with Crippen LogP contribution in [0.25, 0.3) is 0 Å². The molecule has 1 N–H and O–H groups in total. The maximum atomic E-state index is 13.1. The van der Waals surface area contributed by atoms with Gasteiger partial charge >= 0.3 is 0 Å². The third-order valence-corrected chi connectivity index (χ3v) is 5.62. The molecule has 0 atom stereocenters. The Kier molecular flexibility index (Phi) is 5.97. The van der Waals surface area contributed by atoms with Crippen molar-refractivity contribution in [2.75, 3.05) is 23.3 Å². The lowest BCUT2D eigenvalue weighted by Gasteiger charge is -2.30. The van der Waals surface area contributed by atoms with Gasteiger partial charge in [0.15, 0.2) is 0 Å². The zero-order valence-electron chi connectivity index (χ0n) is 17.5. The lowest BCUT2D eigenvalue weighted by molar-refractivity contribution is -0.384. The van der Waals surface area contributed by atoms with Crippen LogP contribution in [0.5, 0.6) is 0 Å². The van der Waals surface area contributed by atoms with E-state index in [4.69, 9.17) is 0 Å². The minimum absolute atomic E-state index is 0.0861. The van der Waals surface area contributed by atoms with E-state index in [1.165, 1.54) is 12.1 Å². The summed E-state index contributed by atoms with van der Waals surface area (Å²) in [7, 11) is 0. The fourth-order valence-corrected chi connectivity index (χ4v) is 3.89. The number of nitrogens with one attached hydrogen (secondary N) is 1. The van der Waals surface area contributed by atoms with E-state index in [2.05, 4.69) is 15.2 Å². The molecule has 8 nitrogen and oxygen atoms in total. The lowest BCUT2D eigenvalue weighted by atomic mass is 10.1. The molecule has 1 amide bonds. The molecule has 1 aliphatic heterocycles. The second-order valence-corrected chi connectivity index (χ2v) is 7.76. The Balaban J connectivity index is 1.53. The molecule has 2 heterocycles. The van der Waals surface area contributed by atoms with Crippen LogP contribution in [0.2, 0.25) is 0 Å². The molecule has 1 aromatic heterocycles. The smallest absolute Gasteiger partial charge is 0.270 e. The van der Waals surface area contributed by atoms with Crippen molar-refractivity contribution in [1.29, 1.82) is 0 Å². The summed E-state index contributed by atoms with van der Waals surface area (Å²) in [5, 5.41) is 14.2. The number of carbonyl (C=O) groups excluding carboxylic acids is 1. The number of nitro groups is 1. The molecule has 1 fully saturated rings. The first-order chi connectivity index (χ1) is 15.0. The number of piperidine rings is 1. The van der Waals surface area contributed by atoms with Crippen molar-refractivity contribution in [1.82, 2.24) is 9.55 Å². The van der Waals surface area contributed by atoms with E-state index >= 15 is 0 Å². The molecular weight excluding hydrogens is 394 g/mol. The summed E-state index contributed by atoms with van der Waals surface area (Å²) >= 11 is 0. The topological polar surface area (TPSA) is 93.3 Å². The molecular formula is C23H25N5O3. The van der Waals surface area contributed by atoms with Gasteiger partial charge in [-0.2, -0.15) is 0 Å². The highest BCUT2D eigenvalue weighted by atomic mass is 16.6. The zero-order valence-corrected chi connectivity index (χ0v) is 17.5. The monoisotopic (exact) mass is 419 g/mol. The van der Waals surface area contributed by atoms with Crippen LogP contribution in [0.4, 0.5) is 17.1 Å². The molecule has 3 aromatic rings. The van der Waals surface area contributed by atoms with Crippen LogP contribution in [0.15, 0.2) is 54.9 Å². The number of hydrogen-bond donors (Lipinski definition) is 1. The van der Waals surface area contributed by atoms with Gasteiger partial charge < -0.3 is 14.8 Å². The van der Waals surface area contributed by atoms with Crippen LogP contribution in [0.3, 0.4) is 0 Å². The summed E-state index contributed by atoms with van der Waals surface area (Å²) in [6.45, 7) is 4.35. The molecule has 4 rings (SSSR count). The number of carbonyl (C=O) groups is 1. The van der Waals surface area contributed by atoms with Crippen molar-refractivity contribution in [3.63, 3.8) is 0 Å². The average Bonchev–Trinajstić information content (AvgIpc) is 3.19. The van der Waals surface area contributed by atoms with Gasteiger partial charge in [0.05, 0.1) is 16.2 Å². The number of nitro benzene ring substituents is 1. The van der Waals surface area contributed by atoms with Crippen LogP contribution >= 0.6 is 0 Å². The Hall–Kier alpha value is -3.68. The van der Waals surface area contributed by atoms with Gasteiger partial charge in [0.1, 0.15) is 5.82 Å². The zero-order chi connectivity index (χ0) is 21.8. The van der Waals surface area contributed by atoms with E-state index in [0.717, 1.165) is 49.4 Å². The van der Waals surface area contributed by atoms with Gasteiger partial charge in [0.25, 0.3) is 11.6 Å². The highest BCUT2D eigenvalue weighted by Crippen LogP contribution is 2.29. The normalized spacial score (nSPS) is 13.8. The van der Waals surface area contributed by atoms with Crippen LogP contribution in [0.1, 0.15) is 41.0 Å². The number of anilines is 2. The van der Waals surface area contributed by atoms with E-state index in [1.807, 2.05) is 42.0 Å². The highest BCUT2D eigenvalue weighted by Gasteiger charge is 2.22. The summed E-state index contributed by atoms with van der Waals surface area (Å²) < 4.78 is 2.04. The lowest BCUT2D eigenvalue weighted by Crippen LogP contribution is -2.31. The third-order valence-electron chi connectivity index (χ3n) is 5.62. The van der Waals surface area contributed by atoms with Gasteiger partial charge in [-0.15, -0.1) is 0 Å². The second-order valence-electron chi connectivity index (χ2n) is 7.76. The van der Waals surface area contributed by atoms with Crippen molar-refractivity contribution in [3.05, 3.63) is 81.9 Å². The molecule has 2 aromatic carbocycles. The first-order valence-electron chi connectivity index (χ1n) is 10.4. The fourth-order valence-electron chi connectivity index (χ4n) is 3.89. The van der Waals surface area contributed by atoms with Gasteiger partial charge in [0, 0.05) is 49.8 Å². The maximum absolute atomic E-state index is 13.1. The molecule has 0 radical (unpaired) electrons. The Labute approximate surface area is 180 Å². The van der Waals surface area contributed by atoms with Gasteiger partial charge in [0.2, 0.25) is 0 Å². The van der Waals surface area contributed by atoms with E-state index < -0.39 is 4.92 Å². The van der Waals surface area contributed by atoms with Crippen LogP contribution in [0, 0.1) is 17.0 Å². The molecule has 0 saturated carbocycles. The minimum atomic E-state index is -0.469. The summed E-state index contributed by atoms with van der Waals surface area (Å²) in [5.74, 6) is 0.593. The molecule has 0 aliphatic carbocycles. The highest BCUT2D eigenvalue weighted by molar-refractivity contribution is 6.08. The third kappa shape index (κ3) is 4.74. The van der Waals surface area contributed by atoms with Crippen molar-refractivity contribution >= 4 is 23.0 Å². The quantitative estimate of drug-likeness (QED) is 0.472. The van der Waals surface area contributed by atoms with E-state index in [1.54, 1.807) is 12.3 Å². The average molecular weight is 419 g/mol. The van der Waals surface area contributed by atoms with Crippen molar-refractivity contribution in [2.45, 2.75) is 32.7 Å². The van der Waals surface area contributed by atoms with E-state index in [-0.39, 0.29) is 11.6 Å². The van der Waals surface area contributed by atoms with Crippen LogP contribution in [-0.4, -0.2) is 33.5 Å². The number of rotatable bonds is 6. The molecule has 0 bridgehead atoms. The van der Waals surface area contributed by atoms with Gasteiger partial charge in [-0.05, 0) is 49.9 Å². The van der Waals surface area contributed by atoms with Crippen molar-refractivity contribution in [3.8, 4) is 0 Å². The first-order valence-corrected chi connectivity index (χ1v) is 10.4. The van der Waals surface area contributed by atoms with Crippen molar-refractivity contribution in [2.24, 2.45) is 0 Å². The molecule has 1 aliphatic rings. The molecule has 8 heteroatoms. The molecule has 0 unspecified atom stereocenters. The summed E-state index contributed by atoms with van der Waals surface area (Å²) in [5.41, 5.74) is 2.72. The summed E-state index contributed by atoms with van der Waals surface area (Å²) in [6.07, 6.45) is 6.96. The number of imidazole rings is 1. The van der Waals surface area contributed by atoms with E-state index in [0.29, 0.717) is 17.8 Å². The van der Waals surface area contributed by atoms with E-state index in [9.17, 15) is 14.9 Å². The summed E-state index contributed by atoms with van der Waals surface area (Å²) in [6, 6.07) is 12.1. The Morgan fingerprint density at radius 2 is 1.87 bits per heavy atom. The van der Waals surface area contributed by atoms with Crippen molar-refractivity contribution < 1.29 is 9.72 Å². The minimum Gasteiger partial charge on any atom is -0.371 e. The molecule has 0 spiro atoms. The number of amides is 1. The first kappa shape index (κ1) is 20.6. The van der Waals surface area contributed by atoms with Gasteiger partial charge in [-0.25, -0.2) is 4.98 Å². The van der Waals surface area contributed by atoms with Crippen LogP contribution < -0.4 is 10.2 Å². The largest absolute Gasteiger partial charge is 0.371 e. The molecule has 160 valence electrons. The number of nitrogens with zero attached hydrogens (tertiary/aromatic N) is 4. The fraction of sp³-hybridized carbons (Fsp3) is 0.304.